The molecule has 8 nitrogen and oxygen atoms in total. The molecule has 0 N–H and O–H groups in total. The molecule has 0 spiro atoms. The van der Waals surface area contributed by atoms with Crippen LogP contribution in [0.5, 0.6) is 0 Å². The van der Waals surface area contributed by atoms with Crippen LogP contribution in [-0.2, 0) is 26.0 Å². The van der Waals surface area contributed by atoms with E-state index in [2.05, 4.69) is 10.1 Å². The van der Waals surface area contributed by atoms with E-state index >= 15 is 0 Å². The van der Waals surface area contributed by atoms with Gasteiger partial charge in [0.25, 0.3) is 5.56 Å². The summed E-state index contributed by atoms with van der Waals surface area (Å²) < 4.78 is 29.0. The van der Waals surface area contributed by atoms with Crippen LogP contribution in [0.2, 0.25) is 0 Å². The summed E-state index contributed by atoms with van der Waals surface area (Å²) in [6.07, 6.45) is 0.582. The number of hydrogen-bond acceptors (Lipinski definition) is 8. The van der Waals surface area contributed by atoms with Crippen molar-refractivity contribution in [3.63, 3.8) is 0 Å². The van der Waals surface area contributed by atoms with Crippen molar-refractivity contribution < 1.29 is 17.9 Å². The van der Waals surface area contributed by atoms with Crippen LogP contribution in [-0.4, -0.2) is 40.5 Å². The predicted molar refractivity (Wildman–Crippen MR) is 83.0 cm³/mol. The molecule has 0 saturated carbocycles. The fourth-order valence-corrected chi connectivity index (χ4v) is 5.21. The molecule has 10 heteroatoms. The Bertz CT molecular complexity index is 915. The number of ether oxygens (including phenoxy) is 1. The third-order valence-corrected chi connectivity index (χ3v) is 6.27. The van der Waals surface area contributed by atoms with Crippen LogP contribution in [0.25, 0.3) is 4.96 Å². The molecule has 124 valence electrons. The van der Waals surface area contributed by atoms with Gasteiger partial charge in [-0.25, -0.2) is 13.4 Å². The van der Waals surface area contributed by atoms with Gasteiger partial charge in [-0.3, -0.25) is 9.59 Å². The molecule has 2 aromatic heterocycles. The SMILES string of the molecule is Cc1cc(=O)n2nc(COC(=O)CC3CCS(=O)(=O)C3)sc2n1. The van der Waals surface area contributed by atoms with E-state index in [9.17, 15) is 18.0 Å². The smallest absolute Gasteiger partial charge is 0.306 e. The summed E-state index contributed by atoms with van der Waals surface area (Å²) >= 11 is 1.18. The summed E-state index contributed by atoms with van der Waals surface area (Å²) in [5.41, 5.74) is 0.321. The molecule has 0 aliphatic carbocycles. The van der Waals surface area contributed by atoms with Gasteiger partial charge >= 0.3 is 5.97 Å². The Morgan fingerprint density at radius 3 is 3.00 bits per heavy atom. The average molecular weight is 357 g/mol. The lowest BCUT2D eigenvalue weighted by Gasteiger charge is -2.06. The summed E-state index contributed by atoms with van der Waals surface area (Å²) in [4.78, 5) is 28.2. The van der Waals surface area contributed by atoms with E-state index < -0.39 is 15.8 Å². The minimum absolute atomic E-state index is 0.0435. The number of aryl methyl sites for hydroxylation is 1. The number of carbonyl (C=O) groups is 1. The van der Waals surface area contributed by atoms with Gasteiger partial charge in [-0.05, 0) is 19.3 Å². The second kappa shape index (κ2) is 6.00. The first-order valence-electron chi connectivity index (χ1n) is 7.05. The molecule has 1 saturated heterocycles. The number of aromatic nitrogens is 3. The first kappa shape index (κ1) is 16.1. The highest BCUT2D eigenvalue weighted by molar-refractivity contribution is 7.91. The molecule has 1 atom stereocenters. The molecular weight excluding hydrogens is 342 g/mol. The third kappa shape index (κ3) is 3.75. The fraction of sp³-hybridized carbons (Fsp3) is 0.538. The van der Waals surface area contributed by atoms with Crippen molar-refractivity contribution in [2.75, 3.05) is 11.5 Å². The zero-order valence-corrected chi connectivity index (χ0v) is 14.0. The summed E-state index contributed by atoms with van der Waals surface area (Å²) in [6, 6.07) is 1.38. The van der Waals surface area contributed by atoms with E-state index in [1.54, 1.807) is 6.92 Å². The van der Waals surface area contributed by atoms with Gasteiger partial charge in [0.15, 0.2) is 14.8 Å². The maximum absolute atomic E-state index is 11.8. The first-order valence-corrected chi connectivity index (χ1v) is 9.69. The van der Waals surface area contributed by atoms with Crippen molar-refractivity contribution in [1.82, 2.24) is 14.6 Å². The number of fused-ring (bicyclic) bond motifs is 1. The van der Waals surface area contributed by atoms with Gasteiger partial charge in [0.2, 0.25) is 4.96 Å². The summed E-state index contributed by atoms with van der Waals surface area (Å²) in [6.45, 7) is 1.67. The van der Waals surface area contributed by atoms with Gasteiger partial charge in [-0.1, -0.05) is 11.3 Å². The molecule has 0 bridgehead atoms. The lowest BCUT2D eigenvalue weighted by atomic mass is 10.1. The second-order valence-corrected chi connectivity index (χ2v) is 8.83. The van der Waals surface area contributed by atoms with Crippen LogP contribution in [0.15, 0.2) is 10.9 Å². The van der Waals surface area contributed by atoms with Crippen LogP contribution in [0, 0.1) is 12.8 Å². The van der Waals surface area contributed by atoms with Crippen molar-refractivity contribution in [3.05, 3.63) is 27.1 Å². The van der Waals surface area contributed by atoms with Crippen molar-refractivity contribution >= 4 is 32.1 Å². The number of esters is 1. The van der Waals surface area contributed by atoms with Gasteiger partial charge in [0.05, 0.1) is 11.5 Å². The van der Waals surface area contributed by atoms with E-state index in [1.807, 2.05) is 0 Å². The van der Waals surface area contributed by atoms with Crippen LogP contribution in [0.1, 0.15) is 23.5 Å². The molecular formula is C13H15N3O5S2. The van der Waals surface area contributed by atoms with E-state index in [0.29, 0.717) is 22.1 Å². The molecule has 0 amide bonds. The van der Waals surface area contributed by atoms with Gasteiger partial charge in [0, 0.05) is 18.2 Å². The van der Waals surface area contributed by atoms with Gasteiger partial charge in [-0.2, -0.15) is 9.61 Å². The number of rotatable bonds is 4. The molecule has 3 heterocycles. The quantitative estimate of drug-likeness (QED) is 0.725. The Balaban J connectivity index is 1.61. The normalized spacial score (nSPS) is 20.0. The van der Waals surface area contributed by atoms with Crippen LogP contribution >= 0.6 is 11.3 Å². The Kier molecular flexibility index (Phi) is 4.19. The molecule has 23 heavy (non-hydrogen) atoms. The van der Waals surface area contributed by atoms with E-state index in [-0.39, 0.29) is 36.0 Å². The maximum Gasteiger partial charge on any atom is 0.306 e. The molecule has 3 rings (SSSR count). The number of nitrogens with zero attached hydrogens (tertiary/aromatic N) is 3. The van der Waals surface area contributed by atoms with Crippen LogP contribution in [0.3, 0.4) is 0 Å². The lowest BCUT2D eigenvalue weighted by molar-refractivity contribution is -0.145. The molecule has 1 unspecified atom stereocenters. The highest BCUT2D eigenvalue weighted by Gasteiger charge is 2.29. The minimum atomic E-state index is -3.00. The van der Waals surface area contributed by atoms with Crippen LogP contribution in [0.4, 0.5) is 0 Å². The minimum Gasteiger partial charge on any atom is -0.458 e. The number of hydrogen-bond donors (Lipinski definition) is 0. The third-order valence-electron chi connectivity index (χ3n) is 3.55. The summed E-state index contributed by atoms with van der Waals surface area (Å²) in [7, 11) is -3.00. The Labute approximate surface area is 136 Å². The summed E-state index contributed by atoms with van der Waals surface area (Å²) in [5, 5.41) is 4.53. The Morgan fingerprint density at radius 1 is 1.52 bits per heavy atom. The maximum atomic E-state index is 11.8. The molecule has 2 aromatic rings. The number of sulfone groups is 1. The monoisotopic (exact) mass is 357 g/mol. The first-order chi connectivity index (χ1) is 10.8. The van der Waals surface area contributed by atoms with E-state index in [1.165, 1.54) is 21.9 Å². The van der Waals surface area contributed by atoms with E-state index in [0.717, 1.165) is 0 Å². The zero-order valence-electron chi connectivity index (χ0n) is 12.4. The van der Waals surface area contributed by atoms with Crippen molar-refractivity contribution in [2.45, 2.75) is 26.4 Å². The molecule has 1 aliphatic heterocycles. The number of carbonyl (C=O) groups excluding carboxylic acids is 1. The highest BCUT2D eigenvalue weighted by Crippen LogP contribution is 2.22. The van der Waals surface area contributed by atoms with Crippen LogP contribution < -0.4 is 5.56 Å². The molecule has 0 radical (unpaired) electrons. The van der Waals surface area contributed by atoms with Gasteiger partial charge < -0.3 is 4.74 Å². The Hall–Kier alpha value is -1.81. The van der Waals surface area contributed by atoms with Gasteiger partial charge in [0.1, 0.15) is 6.61 Å². The second-order valence-electron chi connectivity index (χ2n) is 5.56. The highest BCUT2D eigenvalue weighted by atomic mass is 32.2. The standard InChI is InChI=1S/C13H15N3O5S2/c1-8-4-11(17)16-13(14-8)22-10(15-16)6-21-12(18)5-9-2-3-23(19,20)7-9/h4,9H,2-3,5-7H2,1H3. The predicted octanol–water partition coefficient (Wildman–Crippen LogP) is 0.327. The molecule has 1 fully saturated rings. The van der Waals surface area contributed by atoms with Crippen molar-refractivity contribution in [3.8, 4) is 0 Å². The van der Waals surface area contributed by atoms with Gasteiger partial charge in [-0.15, -0.1) is 0 Å². The van der Waals surface area contributed by atoms with E-state index in [4.69, 9.17) is 4.74 Å². The van der Waals surface area contributed by atoms with Crippen molar-refractivity contribution in [2.24, 2.45) is 5.92 Å². The zero-order chi connectivity index (χ0) is 16.6. The lowest BCUT2D eigenvalue weighted by Crippen LogP contribution is -2.15. The summed E-state index contributed by atoms with van der Waals surface area (Å²) in [5.74, 6) is -0.448. The average Bonchev–Trinajstić information content (AvgIpc) is 2.99. The topological polar surface area (TPSA) is 108 Å². The largest absolute Gasteiger partial charge is 0.458 e. The molecule has 1 aliphatic rings. The fourth-order valence-electron chi connectivity index (χ4n) is 2.49. The molecule has 0 aromatic carbocycles. The van der Waals surface area contributed by atoms with Crippen molar-refractivity contribution in [1.29, 1.82) is 0 Å². The Morgan fingerprint density at radius 2 is 2.30 bits per heavy atom.